The Labute approximate surface area is 263 Å². The Morgan fingerprint density at radius 3 is 2.23 bits per heavy atom. The molecular weight excluding hydrogens is 671 g/mol. The molecule has 3 aromatic carbocycles. The molecule has 7 nitrogen and oxygen atoms in total. The zero-order valence-electron chi connectivity index (χ0n) is 23.7. The molecule has 0 aliphatic rings. The van der Waals surface area contributed by atoms with Gasteiger partial charge in [0.25, 0.3) is 0 Å². The van der Waals surface area contributed by atoms with Crippen molar-refractivity contribution in [3.05, 3.63) is 99.0 Å². The summed E-state index contributed by atoms with van der Waals surface area (Å²) < 4.78 is 67.7. The van der Waals surface area contributed by atoms with Gasteiger partial charge >= 0.3 is 6.18 Å². The molecule has 0 heterocycles. The van der Waals surface area contributed by atoms with Crippen LogP contribution in [-0.4, -0.2) is 50.0 Å². The van der Waals surface area contributed by atoms with Gasteiger partial charge in [0.2, 0.25) is 21.8 Å². The van der Waals surface area contributed by atoms with Crippen molar-refractivity contribution in [1.29, 1.82) is 0 Å². The fourth-order valence-corrected chi connectivity index (χ4v) is 5.87. The number of nitrogens with zero attached hydrogens (tertiary/aromatic N) is 2. The minimum absolute atomic E-state index is 0.0857. The molecule has 43 heavy (non-hydrogen) atoms. The summed E-state index contributed by atoms with van der Waals surface area (Å²) in [5.74, 6) is -1.26. The highest BCUT2D eigenvalue weighted by molar-refractivity contribution is 9.10. The monoisotopic (exact) mass is 701 g/mol. The number of hydrogen-bond donors (Lipinski definition) is 1. The van der Waals surface area contributed by atoms with Gasteiger partial charge < -0.3 is 10.2 Å². The number of rotatable bonds is 12. The van der Waals surface area contributed by atoms with Crippen molar-refractivity contribution in [3.63, 3.8) is 0 Å². The van der Waals surface area contributed by atoms with Crippen molar-refractivity contribution in [3.8, 4) is 0 Å². The first-order chi connectivity index (χ1) is 20.1. The van der Waals surface area contributed by atoms with Crippen LogP contribution < -0.4 is 9.62 Å². The smallest absolute Gasteiger partial charge is 0.352 e. The zero-order valence-corrected chi connectivity index (χ0v) is 26.9. The quantitative estimate of drug-likeness (QED) is 0.236. The molecule has 3 rings (SSSR count). The maximum Gasteiger partial charge on any atom is 0.416 e. The van der Waals surface area contributed by atoms with Crippen molar-refractivity contribution >= 4 is 55.1 Å². The van der Waals surface area contributed by atoms with Gasteiger partial charge in [-0.05, 0) is 54.8 Å². The molecule has 2 amide bonds. The summed E-state index contributed by atoms with van der Waals surface area (Å²) in [5, 5.41) is 2.62. The highest BCUT2D eigenvalue weighted by atomic mass is 79.9. The summed E-state index contributed by atoms with van der Waals surface area (Å²) in [6.45, 7) is 2.73. The Balaban J connectivity index is 2.12. The van der Waals surface area contributed by atoms with Crippen LogP contribution in [0.3, 0.4) is 0 Å². The van der Waals surface area contributed by atoms with E-state index in [0.29, 0.717) is 22.4 Å². The Hall–Kier alpha value is -3.09. The van der Waals surface area contributed by atoms with E-state index in [-0.39, 0.29) is 24.0 Å². The molecule has 1 N–H and O–H groups in total. The normalized spacial score (nSPS) is 13.2. The molecular formula is C30H32BrClF3N3O4S. The Morgan fingerprint density at radius 1 is 1.00 bits per heavy atom. The molecule has 0 saturated heterocycles. The van der Waals surface area contributed by atoms with Gasteiger partial charge in [0.15, 0.2) is 0 Å². The average molecular weight is 703 g/mol. The number of sulfonamides is 1. The first kappa shape index (κ1) is 34.4. The number of halogens is 5. The minimum atomic E-state index is -4.78. The third-order valence-electron chi connectivity index (χ3n) is 6.74. The third kappa shape index (κ3) is 9.70. The predicted octanol–water partition coefficient (Wildman–Crippen LogP) is 6.44. The predicted molar refractivity (Wildman–Crippen MR) is 165 cm³/mol. The highest BCUT2D eigenvalue weighted by Crippen LogP contribution is 2.36. The number of anilines is 1. The molecule has 0 radical (unpaired) electrons. The van der Waals surface area contributed by atoms with Gasteiger partial charge in [-0.3, -0.25) is 13.9 Å². The molecule has 0 saturated carbocycles. The van der Waals surface area contributed by atoms with Crippen molar-refractivity contribution in [1.82, 2.24) is 10.2 Å². The SMILES string of the molecule is CC[C@H](C)NC(=O)[C@@H](Cc1ccccc1)N(Cc1cccc(Br)c1)C(=O)CN(c1cc(C(F)(F)F)ccc1Cl)S(C)(=O)=O. The van der Waals surface area contributed by atoms with E-state index < -0.39 is 51.9 Å². The second-order valence-electron chi connectivity index (χ2n) is 10.1. The maximum absolute atomic E-state index is 14.1. The number of hydrogen-bond acceptors (Lipinski definition) is 4. The molecule has 0 unspecified atom stereocenters. The number of alkyl halides is 3. The molecule has 0 aromatic heterocycles. The van der Waals surface area contributed by atoms with Gasteiger partial charge in [-0.25, -0.2) is 8.42 Å². The van der Waals surface area contributed by atoms with Gasteiger partial charge in [-0.1, -0.05) is 76.9 Å². The molecule has 0 aliphatic carbocycles. The van der Waals surface area contributed by atoms with E-state index in [1.165, 1.54) is 4.90 Å². The lowest BCUT2D eigenvalue weighted by Crippen LogP contribution is -2.54. The van der Waals surface area contributed by atoms with E-state index in [9.17, 15) is 31.2 Å². The maximum atomic E-state index is 14.1. The standard InChI is InChI=1S/C30H32BrClF3N3O4S/c1-4-20(2)36-29(40)27(16-21-9-6-5-7-10-21)37(18-22-11-8-12-24(31)15-22)28(39)19-38(43(3,41)42)26-17-23(30(33,34)35)13-14-25(26)32/h5-15,17,20,27H,4,16,18-19H2,1-3H3,(H,36,40)/t20-,27+/m0/s1. The first-order valence-electron chi connectivity index (χ1n) is 13.3. The number of carbonyl (C=O) groups is 2. The number of amides is 2. The molecule has 0 bridgehead atoms. The van der Waals surface area contributed by atoms with Crippen LogP contribution in [0.5, 0.6) is 0 Å². The van der Waals surface area contributed by atoms with Crippen LogP contribution in [0, 0.1) is 0 Å². The summed E-state index contributed by atoms with van der Waals surface area (Å²) in [7, 11) is -4.31. The zero-order chi connectivity index (χ0) is 31.9. The van der Waals surface area contributed by atoms with Crippen LogP contribution in [0.15, 0.2) is 77.3 Å². The minimum Gasteiger partial charge on any atom is -0.352 e. The van der Waals surface area contributed by atoms with Crippen LogP contribution in [0.2, 0.25) is 5.02 Å². The lowest BCUT2D eigenvalue weighted by Gasteiger charge is -2.34. The van der Waals surface area contributed by atoms with Crippen LogP contribution in [0.25, 0.3) is 0 Å². The van der Waals surface area contributed by atoms with Crippen LogP contribution in [0.1, 0.15) is 37.0 Å². The van der Waals surface area contributed by atoms with Crippen molar-refractivity contribution in [2.45, 2.75) is 51.5 Å². The summed E-state index contributed by atoms with van der Waals surface area (Å²) in [5.41, 5.74) is -0.243. The van der Waals surface area contributed by atoms with E-state index in [0.717, 1.165) is 28.4 Å². The molecule has 232 valence electrons. The fourth-order valence-electron chi connectivity index (χ4n) is 4.30. The Bertz CT molecular complexity index is 1540. The number of nitrogens with one attached hydrogen (secondary N) is 1. The first-order valence-corrected chi connectivity index (χ1v) is 16.3. The number of carbonyl (C=O) groups excluding carboxylic acids is 2. The molecule has 0 spiro atoms. The molecule has 13 heteroatoms. The molecule has 0 fully saturated rings. The fraction of sp³-hybridized carbons (Fsp3) is 0.333. The van der Waals surface area contributed by atoms with Crippen molar-refractivity contribution in [2.75, 3.05) is 17.1 Å². The lowest BCUT2D eigenvalue weighted by atomic mass is 10.0. The molecule has 2 atom stereocenters. The lowest BCUT2D eigenvalue weighted by molar-refractivity contribution is -0.140. The summed E-state index contributed by atoms with van der Waals surface area (Å²) >= 11 is 9.58. The van der Waals surface area contributed by atoms with Gasteiger partial charge in [0.05, 0.1) is 22.5 Å². The largest absolute Gasteiger partial charge is 0.416 e. The third-order valence-corrected chi connectivity index (χ3v) is 8.67. The Morgan fingerprint density at radius 2 is 1.65 bits per heavy atom. The van der Waals surface area contributed by atoms with Gasteiger partial charge in [0, 0.05) is 23.5 Å². The second kappa shape index (κ2) is 14.6. The van der Waals surface area contributed by atoms with Gasteiger partial charge in [-0.15, -0.1) is 0 Å². The number of benzene rings is 3. The van der Waals surface area contributed by atoms with E-state index in [1.807, 2.05) is 19.9 Å². The average Bonchev–Trinajstić information content (AvgIpc) is 2.93. The van der Waals surface area contributed by atoms with E-state index in [4.69, 9.17) is 11.6 Å². The topological polar surface area (TPSA) is 86.8 Å². The van der Waals surface area contributed by atoms with E-state index >= 15 is 0 Å². The molecule has 0 aliphatic heterocycles. The van der Waals surface area contributed by atoms with Gasteiger partial charge in [-0.2, -0.15) is 13.2 Å². The van der Waals surface area contributed by atoms with Crippen molar-refractivity contribution < 1.29 is 31.2 Å². The second-order valence-corrected chi connectivity index (χ2v) is 13.3. The van der Waals surface area contributed by atoms with Crippen LogP contribution >= 0.6 is 27.5 Å². The summed E-state index contributed by atoms with van der Waals surface area (Å²) in [6.07, 6.45) is -3.29. The van der Waals surface area contributed by atoms with E-state index in [2.05, 4.69) is 21.2 Å². The van der Waals surface area contributed by atoms with Gasteiger partial charge in [0.1, 0.15) is 12.6 Å². The Kier molecular flexibility index (Phi) is 11.7. The highest BCUT2D eigenvalue weighted by Gasteiger charge is 2.36. The summed E-state index contributed by atoms with van der Waals surface area (Å²) in [6, 6.07) is 17.0. The summed E-state index contributed by atoms with van der Waals surface area (Å²) in [4.78, 5) is 29.1. The van der Waals surface area contributed by atoms with Crippen molar-refractivity contribution in [2.24, 2.45) is 0 Å². The van der Waals surface area contributed by atoms with Crippen LogP contribution in [-0.2, 0) is 38.8 Å². The van der Waals surface area contributed by atoms with Crippen LogP contribution in [0.4, 0.5) is 18.9 Å². The van der Waals surface area contributed by atoms with E-state index in [1.54, 1.807) is 48.5 Å². The molecule has 3 aromatic rings.